The Balaban J connectivity index is 2.20. The van der Waals surface area contributed by atoms with E-state index in [2.05, 4.69) is 37.3 Å². The van der Waals surface area contributed by atoms with Gasteiger partial charge in [-0.15, -0.1) is 0 Å². The smallest absolute Gasteiger partial charge is 0.223 e. The van der Waals surface area contributed by atoms with Crippen LogP contribution in [0.5, 0.6) is 0 Å². The number of nitriles is 1. The molecule has 0 radical (unpaired) electrons. The van der Waals surface area contributed by atoms with Crippen molar-refractivity contribution in [2.45, 2.75) is 6.92 Å². The summed E-state index contributed by atoms with van der Waals surface area (Å²) in [7, 11) is 1.90. The highest BCUT2D eigenvalue weighted by Gasteiger charge is 2.26. The van der Waals surface area contributed by atoms with Gasteiger partial charge in [0.2, 0.25) is 5.28 Å². The predicted octanol–water partition coefficient (Wildman–Crippen LogP) is 3.96. The summed E-state index contributed by atoms with van der Waals surface area (Å²) in [5.74, 6) is 0.665. The van der Waals surface area contributed by atoms with Gasteiger partial charge >= 0.3 is 0 Å². The Morgan fingerprint density at radius 2 is 2.09 bits per heavy atom. The molecule has 3 rings (SSSR count). The van der Waals surface area contributed by atoms with Crippen LogP contribution in [0.1, 0.15) is 11.4 Å². The third-order valence-electron chi connectivity index (χ3n) is 3.43. The number of hydrogen-bond acceptors (Lipinski definition) is 5. The van der Waals surface area contributed by atoms with Gasteiger partial charge in [0.15, 0.2) is 0 Å². The standard InChI is InChI=1S/C15H11BrClN5/c1-8-12(16)13(21-15(17)19-8)9(7-18)14-20-10-5-3-4-6-11(10)22(14)2/h3-6,20H,1-2H3/b14-9+. The van der Waals surface area contributed by atoms with Crippen LogP contribution in [0.25, 0.3) is 5.57 Å². The van der Waals surface area contributed by atoms with Crippen LogP contribution in [0.15, 0.2) is 34.6 Å². The van der Waals surface area contributed by atoms with Crippen LogP contribution in [0.4, 0.5) is 11.4 Å². The van der Waals surface area contributed by atoms with Gasteiger partial charge in [-0.3, -0.25) is 0 Å². The van der Waals surface area contributed by atoms with Crippen molar-refractivity contribution in [3.8, 4) is 6.07 Å². The highest BCUT2D eigenvalue weighted by atomic mass is 79.9. The van der Waals surface area contributed by atoms with Crippen molar-refractivity contribution in [3.05, 3.63) is 51.2 Å². The molecule has 0 saturated carbocycles. The average Bonchev–Trinajstić information content (AvgIpc) is 2.82. The number of benzene rings is 1. The Morgan fingerprint density at radius 1 is 1.36 bits per heavy atom. The van der Waals surface area contributed by atoms with Gasteiger partial charge < -0.3 is 10.2 Å². The van der Waals surface area contributed by atoms with Crippen LogP contribution >= 0.6 is 27.5 Å². The topological polar surface area (TPSA) is 64.8 Å². The molecular formula is C15H11BrClN5. The summed E-state index contributed by atoms with van der Waals surface area (Å²) in [5, 5.41) is 13.0. The molecule has 1 aliphatic heterocycles. The maximum atomic E-state index is 9.64. The molecule has 0 fully saturated rings. The van der Waals surface area contributed by atoms with Gasteiger partial charge in [-0.05, 0) is 46.6 Å². The maximum absolute atomic E-state index is 9.64. The minimum Gasteiger partial charge on any atom is -0.339 e. The summed E-state index contributed by atoms with van der Waals surface area (Å²) in [4.78, 5) is 10.2. The average molecular weight is 377 g/mol. The number of nitrogens with zero attached hydrogens (tertiary/aromatic N) is 4. The van der Waals surface area contributed by atoms with E-state index in [1.54, 1.807) is 6.92 Å². The number of aromatic nitrogens is 2. The molecule has 1 N–H and O–H groups in total. The van der Waals surface area contributed by atoms with Crippen LogP contribution in [-0.4, -0.2) is 17.0 Å². The normalized spacial score (nSPS) is 15.1. The highest BCUT2D eigenvalue weighted by molar-refractivity contribution is 9.10. The summed E-state index contributed by atoms with van der Waals surface area (Å²) in [6.07, 6.45) is 0. The second-order valence-corrected chi connectivity index (χ2v) is 5.91. The number of hydrogen-bond donors (Lipinski definition) is 1. The van der Waals surface area contributed by atoms with E-state index in [-0.39, 0.29) is 5.28 Å². The lowest BCUT2D eigenvalue weighted by atomic mass is 10.1. The number of rotatable bonds is 1. The number of para-hydroxylation sites is 2. The van der Waals surface area contributed by atoms with E-state index >= 15 is 0 Å². The molecule has 0 saturated heterocycles. The Kier molecular flexibility index (Phi) is 3.77. The van der Waals surface area contributed by atoms with Crippen molar-refractivity contribution in [1.82, 2.24) is 9.97 Å². The number of allylic oxidation sites excluding steroid dienone is 1. The fourth-order valence-electron chi connectivity index (χ4n) is 2.34. The lowest BCUT2D eigenvalue weighted by Crippen LogP contribution is -2.17. The molecule has 22 heavy (non-hydrogen) atoms. The first-order valence-corrected chi connectivity index (χ1v) is 7.64. The van der Waals surface area contributed by atoms with Gasteiger partial charge in [0, 0.05) is 7.05 Å². The number of anilines is 2. The van der Waals surface area contributed by atoms with Crippen LogP contribution in [-0.2, 0) is 0 Å². The number of fused-ring (bicyclic) bond motifs is 1. The largest absolute Gasteiger partial charge is 0.339 e. The van der Waals surface area contributed by atoms with E-state index < -0.39 is 0 Å². The first kappa shape index (κ1) is 14.8. The zero-order valence-corrected chi connectivity index (χ0v) is 14.2. The molecule has 0 bridgehead atoms. The Hall–Kier alpha value is -2.10. The molecule has 0 amide bonds. The van der Waals surface area contributed by atoms with Crippen molar-refractivity contribution in [1.29, 1.82) is 5.26 Å². The van der Waals surface area contributed by atoms with E-state index in [0.29, 0.717) is 27.3 Å². The lowest BCUT2D eigenvalue weighted by molar-refractivity contribution is 1.06. The number of nitrogens with one attached hydrogen (secondary N) is 1. The quantitative estimate of drug-likeness (QED) is 0.603. The van der Waals surface area contributed by atoms with E-state index in [9.17, 15) is 5.26 Å². The molecule has 1 aliphatic rings. The minimum atomic E-state index is 0.113. The molecule has 7 heteroatoms. The zero-order valence-electron chi connectivity index (χ0n) is 11.9. The molecule has 0 spiro atoms. The van der Waals surface area contributed by atoms with Gasteiger partial charge in [0.05, 0.1) is 21.5 Å². The van der Waals surface area contributed by atoms with Crippen LogP contribution in [0.2, 0.25) is 5.28 Å². The van der Waals surface area contributed by atoms with Crippen molar-refractivity contribution < 1.29 is 0 Å². The van der Waals surface area contributed by atoms with Crippen LogP contribution < -0.4 is 10.2 Å². The van der Waals surface area contributed by atoms with Crippen molar-refractivity contribution in [2.75, 3.05) is 17.3 Å². The van der Waals surface area contributed by atoms with Gasteiger partial charge in [-0.25, -0.2) is 9.97 Å². The van der Waals surface area contributed by atoms with E-state index in [4.69, 9.17) is 11.6 Å². The Morgan fingerprint density at radius 3 is 2.77 bits per heavy atom. The van der Waals surface area contributed by atoms with Gasteiger partial charge in [-0.1, -0.05) is 12.1 Å². The first-order chi connectivity index (χ1) is 10.5. The number of aryl methyl sites for hydroxylation is 1. The molecule has 1 aromatic carbocycles. The molecular weight excluding hydrogens is 366 g/mol. The summed E-state index contributed by atoms with van der Waals surface area (Å²) in [5.41, 5.74) is 3.50. The fraction of sp³-hybridized carbons (Fsp3) is 0.133. The SMILES string of the molecule is Cc1nc(Cl)nc(/C(C#N)=C2\Nc3ccccc3N2C)c1Br. The molecule has 2 aromatic rings. The Labute approximate surface area is 141 Å². The summed E-state index contributed by atoms with van der Waals surface area (Å²) in [6.45, 7) is 1.81. The zero-order chi connectivity index (χ0) is 15.9. The summed E-state index contributed by atoms with van der Waals surface area (Å²) >= 11 is 9.39. The molecule has 0 atom stereocenters. The van der Waals surface area contributed by atoms with Crippen molar-refractivity contribution in [3.63, 3.8) is 0 Å². The van der Waals surface area contributed by atoms with Gasteiger partial charge in [0.25, 0.3) is 0 Å². The van der Waals surface area contributed by atoms with Gasteiger partial charge in [-0.2, -0.15) is 5.26 Å². The third-order valence-corrected chi connectivity index (χ3v) is 4.55. The third kappa shape index (κ3) is 2.32. The van der Waals surface area contributed by atoms with Crippen LogP contribution in [0.3, 0.4) is 0 Å². The fourth-order valence-corrected chi connectivity index (χ4v) is 2.93. The minimum absolute atomic E-state index is 0.113. The Bertz CT molecular complexity index is 840. The highest BCUT2D eigenvalue weighted by Crippen LogP contribution is 2.38. The molecule has 5 nitrogen and oxygen atoms in total. The van der Waals surface area contributed by atoms with E-state index in [0.717, 1.165) is 11.4 Å². The van der Waals surface area contributed by atoms with Crippen LogP contribution in [0, 0.1) is 18.3 Å². The lowest BCUT2D eigenvalue weighted by Gasteiger charge is -2.16. The molecule has 1 aromatic heterocycles. The molecule has 110 valence electrons. The molecule has 2 heterocycles. The second kappa shape index (κ2) is 5.59. The van der Waals surface area contributed by atoms with E-state index in [1.165, 1.54) is 0 Å². The summed E-state index contributed by atoms with van der Waals surface area (Å²) in [6, 6.07) is 10.1. The predicted molar refractivity (Wildman–Crippen MR) is 90.5 cm³/mol. The second-order valence-electron chi connectivity index (χ2n) is 4.78. The summed E-state index contributed by atoms with van der Waals surface area (Å²) < 4.78 is 0.659. The van der Waals surface area contributed by atoms with Gasteiger partial charge in [0.1, 0.15) is 23.2 Å². The molecule has 0 aliphatic carbocycles. The van der Waals surface area contributed by atoms with Crippen molar-refractivity contribution >= 4 is 44.5 Å². The van der Waals surface area contributed by atoms with E-state index in [1.807, 2.05) is 36.2 Å². The maximum Gasteiger partial charge on any atom is 0.223 e. The number of halogens is 2. The molecule has 0 unspecified atom stereocenters. The monoisotopic (exact) mass is 375 g/mol. The first-order valence-electron chi connectivity index (χ1n) is 6.47. The van der Waals surface area contributed by atoms with Crippen molar-refractivity contribution in [2.24, 2.45) is 0 Å².